The summed E-state index contributed by atoms with van der Waals surface area (Å²) in [6.45, 7) is 2.20. The maximum atomic E-state index is 13.2. The predicted octanol–water partition coefficient (Wildman–Crippen LogP) is 3.52. The molecule has 0 unspecified atom stereocenters. The molecule has 9 heteroatoms. The van der Waals surface area contributed by atoms with Crippen LogP contribution in [0.25, 0.3) is 0 Å². The van der Waals surface area contributed by atoms with E-state index in [9.17, 15) is 10.0 Å². The van der Waals surface area contributed by atoms with Crippen molar-refractivity contribution in [2.24, 2.45) is 5.41 Å². The molecular weight excluding hydrogens is 433 g/mol. The Bertz CT molecular complexity index is 951. The Labute approximate surface area is 184 Å². The maximum Gasteiger partial charge on any atom is 0.241 e. The molecule has 0 bridgehead atoms. The highest BCUT2D eigenvalue weighted by Crippen LogP contribution is 2.46. The molecule has 3 heterocycles. The van der Waals surface area contributed by atoms with Crippen molar-refractivity contribution < 1.29 is 33.7 Å². The summed E-state index contributed by atoms with van der Waals surface area (Å²) < 4.78 is 24.0. The summed E-state index contributed by atoms with van der Waals surface area (Å²) in [6, 6.07) is 3.34. The third kappa shape index (κ3) is 4.02. The number of nitrogens with zero attached hydrogens (tertiary/aromatic N) is 1. The molecule has 2 aliphatic rings. The van der Waals surface area contributed by atoms with Crippen LogP contribution in [-0.2, 0) is 11.2 Å². The molecular formula is C21H22Cl2NO6+. The second-order valence-electron chi connectivity index (χ2n) is 7.58. The fourth-order valence-electron chi connectivity index (χ4n) is 3.75. The topological polar surface area (TPSA) is 78.1 Å². The van der Waals surface area contributed by atoms with E-state index in [1.807, 2.05) is 0 Å². The van der Waals surface area contributed by atoms with Gasteiger partial charge in [0.05, 0.1) is 25.9 Å². The van der Waals surface area contributed by atoms with Gasteiger partial charge in [-0.2, -0.15) is 0 Å². The second kappa shape index (κ2) is 8.49. The van der Waals surface area contributed by atoms with Crippen molar-refractivity contribution in [2.75, 3.05) is 33.5 Å². The zero-order chi connectivity index (χ0) is 21.3. The monoisotopic (exact) mass is 454 g/mol. The molecule has 2 aromatic rings. The average Bonchev–Trinajstić information content (AvgIpc) is 2.91. The van der Waals surface area contributed by atoms with Crippen LogP contribution in [0.2, 0.25) is 10.0 Å². The number of carbonyl (C=O) groups is 1. The number of benzene rings is 1. The van der Waals surface area contributed by atoms with Gasteiger partial charge in [-0.3, -0.25) is 10.0 Å². The van der Waals surface area contributed by atoms with Crippen LogP contribution in [0.1, 0.15) is 28.8 Å². The molecule has 0 amide bonds. The molecule has 1 aromatic carbocycles. The number of halogens is 2. The van der Waals surface area contributed by atoms with E-state index < -0.39 is 0 Å². The molecule has 4 rings (SSSR count). The lowest BCUT2D eigenvalue weighted by Crippen LogP contribution is -2.39. The lowest BCUT2D eigenvalue weighted by atomic mass is 9.82. The number of aromatic nitrogens is 1. The number of hydrogen-bond acceptors (Lipinski definition) is 6. The number of ether oxygens (including phenoxy) is 4. The molecule has 160 valence electrons. The zero-order valence-corrected chi connectivity index (χ0v) is 18.0. The van der Waals surface area contributed by atoms with Gasteiger partial charge < -0.3 is 18.9 Å². The van der Waals surface area contributed by atoms with Gasteiger partial charge in [-0.25, -0.2) is 0 Å². The number of rotatable bonds is 4. The Kier molecular flexibility index (Phi) is 5.95. The quantitative estimate of drug-likeness (QED) is 0.432. The van der Waals surface area contributed by atoms with Gasteiger partial charge in [0.2, 0.25) is 18.1 Å². The molecule has 7 nitrogen and oxygen atoms in total. The fraction of sp³-hybridized carbons (Fsp3) is 0.429. The highest BCUT2D eigenvalue weighted by Gasteiger charge is 2.39. The van der Waals surface area contributed by atoms with Crippen LogP contribution in [-0.4, -0.2) is 44.5 Å². The highest BCUT2D eigenvalue weighted by atomic mass is 35.5. The second-order valence-corrected chi connectivity index (χ2v) is 8.39. The van der Waals surface area contributed by atoms with E-state index in [0.717, 1.165) is 17.6 Å². The maximum absolute atomic E-state index is 13.2. The van der Waals surface area contributed by atoms with Crippen LogP contribution in [0, 0.1) is 5.41 Å². The van der Waals surface area contributed by atoms with Gasteiger partial charge in [-0.1, -0.05) is 23.2 Å². The predicted molar refractivity (Wildman–Crippen MR) is 108 cm³/mol. The van der Waals surface area contributed by atoms with E-state index in [-0.39, 0.29) is 27.7 Å². The Morgan fingerprint density at radius 2 is 1.77 bits per heavy atom. The summed E-state index contributed by atoms with van der Waals surface area (Å²) in [5, 5.41) is 9.92. The summed E-state index contributed by atoms with van der Waals surface area (Å²) in [4.78, 5) is 13.2. The summed E-state index contributed by atoms with van der Waals surface area (Å²) in [5.74, 6) is 1.05. The SMILES string of the molecule is COc1ccc(C(=O)Cc2c(Cl)c[n+](O)cc2Cl)c2c1OCC1(CCOCC1)CO2. The smallest absolute Gasteiger partial charge is 0.241 e. The Morgan fingerprint density at radius 1 is 1.13 bits per heavy atom. The lowest BCUT2D eigenvalue weighted by Gasteiger charge is -2.34. The van der Waals surface area contributed by atoms with Gasteiger partial charge in [0.1, 0.15) is 10.0 Å². The molecule has 0 aliphatic carbocycles. The fourth-order valence-corrected chi connectivity index (χ4v) is 4.34. The minimum absolute atomic E-state index is 0.0559. The molecule has 1 fully saturated rings. The van der Waals surface area contributed by atoms with E-state index >= 15 is 0 Å². The Morgan fingerprint density at radius 3 is 2.40 bits per heavy atom. The Hall–Kier alpha value is -2.22. The number of methoxy groups -OCH3 is 1. The lowest BCUT2D eigenvalue weighted by molar-refractivity contribution is -0.904. The molecule has 2 aliphatic heterocycles. The molecule has 0 radical (unpaired) electrons. The molecule has 30 heavy (non-hydrogen) atoms. The van der Waals surface area contributed by atoms with Crippen molar-refractivity contribution in [3.63, 3.8) is 0 Å². The first kappa shape index (κ1) is 21.0. The number of ketones is 1. The molecule has 1 spiro atoms. The van der Waals surface area contributed by atoms with E-state index in [1.165, 1.54) is 12.4 Å². The number of pyridine rings is 1. The minimum Gasteiger partial charge on any atom is -0.493 e. The van der Waals surface area contributed by atoms with Gasteiger partial charge >= 0.3 is 0 Å². The first-order chi connectivity index (χ1) is 14.4. The largest absolute Gasteiger partial charge is 0.493 e. The normalized spacial score (nSPS) is 17.4. The van der Waals surface area contributed by atoms with E-state index in [1.54, 1.807) is 19.2 Å². The van der Waals surface area contributed by atoms with E-state index in [4.69, 9.17) is 42.1 Å². The van der Waals surface area contributed by atoms with Crippen LogP contribution < -0.4 is 18.9 Å². The molecule has 0 atom stereocenters. The molecule has 1 N–H and O–H groups in total. The number of fused-ring (bicyclic) bond motifs is 1. The van der Waals surface area contributed by atoms with Crippen LogP contribution in [0.4, 0.5) is 0 Å². The average molecular weight is 455 g/mol. The minimum atomic E-state index is -0.236. The number of carbonyl (C=O) groups excluding carboxylic acids is 1. The van der Waals surface area contributed by atoms with Crippen molar-refractivity contribution in [1.82, 2.24) is 0 Å². The Balaban J connectivity index is 1.67. The van der Waals surface area contributed by atoms with Gasteiger partial charge in [-0.05, 0) is 25.0 Å². The van der Waals surface area contributed by atoms with Crippen LogP contribution in [0.3, 0.4) is 0 Å². The van der Waals surface area contributed by atoms with Crippen LogP contribution >= 0.6 is 23.2 Å². The summed E-state index contributed by atoms with van der Waals surface area (Å²) in [6.07, 6.45) is 4.14. The third-order valence-corrected chi connectivity index (χ3v) is 6.25. The van der Waals surface area contributed by atoms with Crippen molar-refractivity contribution in [2.45, 2.75) is 19.3 Å². The molecule has 1 saturated heterocycles. The van der Waals surface area contributed by atoms with Gasteiger partial charge in [0.25, 0.3) is 0 Å². The van der Waals surface area contributed by atoms with E-state index in [2.05, 4.69) is 0 Å². The van der Waals surface area contributed by atoms with Crippen molar-refractivity contribution in [3.8, 4) is 17.2 Å². The van der Waals surface area contributed by atoms with Crippen LogP contribution in [0.15, 0.2) is 24.5 Å². The van der Waals surface area contributed by atoms with Crippen molar-refractivity contribution >= 4 is 29.0 Å². The highest BCUT2D eigenvalue weighted by molar-refractivity contribution is 6.36. The van der Waals surface area contributed by atoms with Crippen LogP contribution in [0.5, 0.6) is 17.2 Å². The summed E-state index contributed by atoms with van der Waals surface area (Å²) >= 11 is 12.4. The van der Waals surface area contributed by atoms with Gasteiger partial charge in [0, 0.05) is 35.3 Å². The summed E-state index contributed by atoms with van der Waals surface area (Å²) in [7, 11) is 1.54. The molecule has 0 saturated carbocycles. The first-order valence-electron chi connectivity index (χ1n) is 9.58. The molecule has 1 aromatic heterocycles. The van der Waals surface area contributed by atoms with Gasteiger partial charge in [-0.15, -0.1) is 0 Å². The number of hydrogen-bond donors (Lipinski definition) is 1. The van der Waals surface area contributed by atoms with E-state index in [0.29, 0.717) is 54.8 Å². The van der Waals surface area contributed by atoms with Crippen molar-refractivity contribution in [1.29, 1.82) is 0 Å². The number of Topliss-reactive ketones (excluding diaryl/α,β-unsaturated/α-hetero) is 1. The van der Waals surface area contributed by atoms with Gasteiger partial charge in [0.15, 0.2) is 17.3 Å². The first-order valence-corrected chi connectivity index (χ1v) is 10.3. The third-order valence-electron chi connectivity index (χ3n) is 5.60. The summed E-state index contributed by atoms with van der Waals surface area (Å²) in [5.41, 5.74) is 0.625. The zero-order valence-electron chi connectivity index (χ0n) is 16.5. The van der Waals surface area contributed by atoms with Crippen molar-refractivity contribution in [3.05, 3.63) is 45.7 Å². The standard InChI is InChI=1S/C21H22Cl2NO6/c1-27-18-3-2-13(17(25)8-14-15(22)9-24(26)10-16(14)23)19-20(18)30-12-21(11-29-19)4-6-28-7-5-21/h2-3,9-10,26H,4-8,11-12H2,1H3/q+1.